The van der Waals surface area contributed by atoms with Crippen molar-refractivity contribution in [3.8, 4) is 0 Å². The molecule has 0 unspecified atom stereocenters. The Balaban J connectivity index is 2.26. The molecule has 1 aromatic carbocycles. The van der Waals surface area contributed by atoms with Crippen molar-refractivity contribution in [3.63, 3.8) is 0 Å². The minimum atomic E-state index is 1.10. The van der Waals surface area contributed by atoms with Crippen LogP contribution in [0.25, 0.3) is 0 Å². The van der Waals surface area contributed by atoms with Crippen LogP contribution in [0.15, 0.2) is 48.7 Å². The molecule has 0 saturated heterocycles. The monoisotopic (exact) mass is 216 g/mol. The van der Waals surface area contributed by atoms with E-state index in [1.54, 1.807) is 6.20 Å². The largest absolute Gasteiger partial charge is 0.405 e. The number of nitrogens with one attached hydrogen (secondary N) is 1. The molecule has 0 aliphatic rings. The molecule has 0 heterocycles. The molecule has 3 N–H and O–H groups in total. The highest BCUT2D eigenvalue weighted by Gasteiger charge is 1.92. The van der Waals surface area contributed by atoms with E-state index in [0.29, 0.717) is 0 Å². The molecular formula is C14H20N2. The molecule has 0 aromatic heterocycles. The summed E-state index contributed by atoms with van der Waals surface area (Å²) in [5.74, 6) is 0. The fraction of sp³-hybridized carbons (Fsp3) is 0.286. The maximum atomic E-state index is 5.22. The van der Waals surface area contributed by atoms with E-state index in [1.807, 2.05) is 19.2 Å². The highest BCUT2D eigenvalue weighted by molar-refractivity contribution is 5.43. The third kappa shape index (κ3) is 4.69. The Morgan fingerprint density at radius 2 is 1.94 bits per heavy atom. The van der Waals surface area contributed by atoms with E-state index in [0.717, 1.165) is 18.5 Å². The van der Waals surface area contributed by atoms with E-state index in [4.69, 9.17) is 5.73 Å². The molecule has 16 heavy (non-hydrogen) atoms. The molecule has 0 aliphatic heterocycles. The van der Waals surface area contributed by atoms with Crippen molar-refractivity contribution in [1.29, 1.82) is 0 Å². The van der Waals surface area contributed by atoms with Crippen LogP contribution >= 0.6 is 0 Å². The number of unbranched alkanes of at least 4 members (excludes halogenated alkanes) is 1. The smallest absolute Gasteiger partial charge is 0.0337 e. The Kier molecular flexibility index (Phi) is 5.86. The minimum absolute atomic E-state index is 1.10. The lowest BCUT2D eigenvalue weighted by Gasteiger charge is -2.02. The Morgan fingerprint density at radius 1 is 1.19 bits per heavy atom. The number of rotatable bonds is 6. The molecule has 0 amide bonds. The lowest BCUT2D eigenvalue weighted by atomic mass is 10.1. The SMILES string of the molecule is CNc1ccc(CCC/C=C\C=C/N)cc1. The molecule has 0 fully saturated rings. The third-order valence-corrected chi connectivity index (χ3v) is 2.44. The fourth-order valence-electron chi connectivity index (χ4n) is 1.50. The van der Waals surface area contributed by atoms with Crippen molar-refractivity contribution in [1.82, 2.24) is 0 Å². The summed E-state index contributed by atoms with van der Waals surface area (Å²) in [7, 11) is 1.94. The lowest BCUT2D eigenvalue weighted by molar-refractivity contribution is 0.843. The third-order valence-electron chi connectivity index (χ3n) is 2.44. The van der Waals surface area contributed by atoms with Gasteiger partial charge in [0.05, 0.1) is 0 Å². The molecule has 2 heteroatoms. The first kappa shape index (κ1) is 12.4. The van der Waals surface area contributed by atoms with Crippen molar-refractivity contribution in [3.05, 3.63) is 54.3 Å². The number of allylic oxidation sites excluding steroid dienone is 3. The summed E-state index contributed by atoms with van der Waals surface area (Å²) in [6.07, 6.45) is 10.9. The standard InChI is InChI=1S/C14H20N2/c1-16-14-10-8-13(9-11-14)7-5-3-2-4-6-12-15/h2,4,6,8-12,16H,3,5,7,15H2,1H3/b4-2-,12-6-. The van der Waals surface area contributed by atoms with Gasteiger partial charge in [-0.3, -0.25) is 0 Å². The average Bonchev–Trinajstić information content (AvgIpc) is 2.34. The summed E-state index contributed by atoms with van der Waals surface area (Å²) in [5, 5.41) is 3.11. The molecule has 0 spiro atoms. The van der Waals surface area contributed by atoms with Gasteiger partial charge in [0.2, 0.25) is 0 Å². The van der Waals surface area contributed by atoms with Gasteiger partial charge in [0.25, 0.3) is 0 Å². The van der Waals surface area contributed by atoms with Crippen molar-refractivity contribution in [2.45, 2.75) is 19.3 Å². The maximum absolute atomic E-state index is 5.22. The quantitative estimate of drug-likeness (QED) is 0.566. The van der Waals surface area contributed by atoms with Crippen molar-refractivity contribution in [2.24, 2.45) is 5.73 Å². The van der Waals surface area contributed by atoms with Crippen molar-refractivity contribution in [2.75, 3.05) is 12.4 Å². The first-order valence-electron chi connectivity index (χ1n) is 5.67. The second-order valence-corrected chi connectivity index (χ2v) is 3.65. The van der Waals surface area contributed by atoms with Gasteiger partial charge < -0.3 is 11.1 Å². The second-order valence-electron chi connectivity index (χ2n) is 3.65. The maximum Gasteiger partial charge on any atom is 0.0337 e. The van der Waals surface area contributed by atoms with Crippen LogP contribution in [-0.4, -0.2) is 7.05 Å². The molecule has 1 aromatic rings. The number of anilines is 1. The van der Waals surface area contributed by atoms with Crippen LogP contribution in [-0.2, 0) is 6.42 Å². The zero-order valence-corrected chi connectivity index (χ0v) is 9.82. The van der Waals surface area contributed by atoms with Gasteiger partial charge in [0, 0.05) is 12.7 Å². The number of hydrogen-bond donors (Lipinski definition) is 2. The van der Waals surface area contributed by atoms with Crippen LogP contribution in [0.1, 0.15) is 18.4 Å². The molecule has 1 rings (SSSR count). The Bertz CT molecular complexity index is 336. The van der Waals surface area contributed by atoms with E-state index >= 15 is 0 Å². The summed E-state index contributed by atoms with van der Waals surface area (Å²) in [6, 6.07) is 8.58. The van der Waals surface area contributed by atoms with Gasteiger partial charge in [-0.1, -0.05) is 24.3 Å². The van der Waals surface area contributed by atoms with Crippen LogP contribution in [0.5, 0.6) is 0 Å². The fourth-order valence-corrected chi connectivity index (χ4v) is 1.50. The summed E-state index contributed by atoms with van der Waals surface area (Å²) in [4.78, 5) is 0. The van der Waals surface area contributed by atoms with Gasteiger partial charge in [0.1, 0.15) is 0 Å². The lowest BCUT2D eigenvalue weighted by Crippen LogP contribution is -1.89. The van der Waals surface area contributed by atoms with E-state index < -0.39 is 0 Å². The zero-order chi connectivity index (χ0) is 11.6. The normalized spacial score (nSPS) is 11.3. The van der Waals surface area contributed by atoms with Gasteiger partial charge in [0.15, 0.2) is 0 Å². The van der Waals surface area contributed by atoms with Gasteiger partial charge in [-0.25, -0.2) is 0 Å². The first-order chi connectivity index (χ1) is 7.86. The van der Waals surface area contributed by atoms with Crippen molar-refractivity contribution < 1.29 is 0 Å². The van der Waals surface area contributed by atoms with Crippen LogP contribution in [0.3, 0.4) is 0 Å². The molecule has 0 bridgehead atoms. The topological polar surface area (TPSA) is 38.0 Å². The Hall–Kier alpha value is -1.70. The predicted molar refractivity (Wildman–Crippen MR) is 71.4 cm³/mol. The predicted octanol–water partition coefficient (Wildman–Crippen LogP) is 3.08. The second kappa shape index (κ2) is 7.57. The minimum Gasteiger partial charge on any atom is -0.405 e. The van der Waals surface area contributed by atoms with E-state index in [9.17, 15) is 0 Å². The molecule has 0 atom stereocenters. The number of aryl methyl sites for hydroxylation is 1. The highest BCUT2D eigenvalue weighted by atomic mass is 14.8. The van der Waals surface area contributed by atoms with E-state index in [1.165, 1.54) is 12.0 Å². The van der Waals surface area contributed by atoms with Gasteiger partial charge in [-0.05, 0) is 49.2 Å². The molecular weight excluding hydrogens is 196 g/mol. The molecule has 2 nitrogen and oxygen atoms in total. The molecule has 0 radical (unpaired) electrons. The molecule has 0 saturated carbocycles. The summed E-state index contributed by atoms with van der Waals surface area (Å²) >= 11 is 0. The highest BCUT2D eigenvalue weighted by Crippen LogP contribution is 2.11. The number of nitrogens with two attached hydrogens (primary N) is 1. The van der Waals surface area contributed by atoms with Crippen LogP contribution in [0.2, 0.25) is 0 Å². The number of benzene rings is 1. The summed E-state index contributed by atoms with van der Waals surface area (Å²) in [6.45, 7) is 0. The van der Waals surface area contributed by atoms with Crippen LogP contribution in [0.4, 0.5) is 5.69 Å². The summed E-state index contributed by atoms with van der Waals surface area (Å²) < 4.78 is 0. The van der Waals surface area contributed by atoms with Crippen LogP contribution in [0, 0.1) is 0 Å². The van der Waals surface area contributed by atoms with E-state index in [2.05, 4.69) is 35.7 Å². The summed E-state index contributed by atoms with van der Waals surface area (Å²) in [5.41, 5.74) is 7.78. The molecule has 0 aliphatic carbocycles. The zero-order valence-electron chi connectivity index (χ0n) is 9.82. The average molecular weight is 216 g/mol. The molecule has 86 valence electrons. The Morgan fingerprint density at radius 3 is 2.56 bits per heavy atom. The van der Waals surface area contributed by atoms with Gasteiger partial charge >= 0.3 is 0 Å². The van der Waals surface area contributed by atoms with Gasteiger partial charge in [-0.15, -0.1) is 0 Å². The van der Waals surface area contributed by atoms with Gasteiger partial charge in [-0.2, -0.15) is 0 Å². The Labute approximate surface area is 97.9 Å². The first-order valence-corrected chi connectivity index (χ1v) is 5.67. The number of hydrogen-bond acceptors (Lipinski definition) is 2. The van der Waals surface area contributed by atoms with Crippen LogP contribution < -0.4 is 11.1 Å². The van der Waals surface area contributed by atoms with E-state index in [-0.39, 0.29) is 0 Å². The van der Waals surface area contributed by atoms with Crippen molar-refractivity contribution >= 4 is 5.69 Å².